The number of benzene rings is 1. The van der Waals surface area contributed by atoms with Crippen molar-refractivity contribution in [2.75, 3.05) is 43.0 Å². The fourth-order valence-corrected chi connectivity index (χ4v) is 4.97. The van der Waals surface area contributed by atoms with Gasteiger partial charge in [-0.3, -0.25) is 4.90 Å². The molecular weight excluding hydrogens is 318 g/mol. The number of carbonyl (C=O) groups is 1. The molecule has 0 aromatic heterocycles. The van der Waals surface area contributed by atoms with E-state index in [4.69, 9.17) is 0 Å². The van der Waals surface area contributed by atoms with Crippen LogP contribution in [0.15, 0.2) is 30.3 Å². The van der Waals surface area contributed by atoms with Crippen LogP contribution in [0.25, 0.3) is 0 Å². The number of piperazine rings is 1. The third kappa shape index (κ3) is 3.82. The van der Waals surface area contributed by atoms with E-state index in [-0.39, 0.29) is 23.6 Å². The van der Waals surface area contributed by atoms with Gasteiger partial charge in [0.05, 0.1) is 23.7 Å². The minimum atomic E-state index is -3.15. The Labute approximate surface area is 135 Å². The Morgan fingerprint density at radius 3 is 2.30 bits per heavy atom. The Bertz CT molecular complexity index is 657. The molecule has 2 aliphatic heterocycles. The first kappa shape index (κ1) is 16.2. The van der Waals surface area contributed by atoms with E-state index >= 15 is 0 Å². The Morgan fingerprint density at radius 1 is 1.09 bits per heavy atom. The molecule has 0 bridgehead atoms. The summed E-state index contributed by atoms with van der Waals surface area (Å²) >= 11 is 0. The second-order valence-electron chi connectivity index (χ2n) is 6.03. The van der Waals surface area contributed by atoms with Gasteiger partial charge in [0.25, 0.3) is 0 Å². The number of aliphatic hydroxyl groups excluding tert-OH is 1. The van der Waals surface area contributed by atoms with Crippen molar-refractivity contribution < 1.29 is 18.3 Å². The summed E-state index contributed by atoms with van der Waals surface area (Å²) in [6, 6.07) is 8.75. The molecule has 7 nitrogen and oxygen atoms in total. The largest absolute Gasteiger partial charge is 0.390 e. The maximum atomic E-state index is 12.2. The highest BCUT2D eigenvalue weighted by atomic mass is 32.2. The highest BCUT2D eigenvalue weighted by Gasteiger charge is 2.41. The van der Waals surface area contributed by atoms with E-state index in [0.29, 0.717) is 26.2 Å². The van der Waals surface area contributed by atoms with Crippen molar-refractivity contribution in [3.05, 3.63) is 30.3 Å². The van der Waals surface area contributed by atoms with E-state index in [1.807, 2.05) is 35.2 Å². The summed E-state index contributed by atoms with van der Waals surface area (Å²) in [5.41, 5.74) is 0.747. The number of carbonyl (C=O) groups excluding carboxylic acids is 1. The zero-order valence-corrected chi connectivity index (χ0v) is 13.6. The highest BCUT2D eigenvalue weighted by Crippen LogP contribution is 2.20. The number of rotatable bonds is 2. The average molecular weight is 339 g/mol. The Morgan fingerprint density at radius 2 is 1.74 bits per heavy atom. The van der Waals surface area contributed by atoms with Crippen molar-refractivity contribution in [1.82, 2.24) is 9.80 Å². The van der Waals surface area contributed by atoms with Crippen LogP contribution in [0.5, 0.6) is 0 Å². The van der Waals surface area contributed by atoms with E-state index in [1.54, 1.807) is 4.90 Å². The number of sulfone groups is 1. The molecule has 1 aromatic carbocycles. The molecule has 0 aliphatic carbocycles. The van der Waals surface area contributed by atoms with E-state index < -0.39 is 15.9 Å². The smallest absolute Gasteiger partial charge is 0.321 e. The summed E-state index contributed by atoms with van der Waals surface area (Å²) in [6.07, 6.45) is -0.829. The molecule has 8 heteroatoms. The molecule has 2 saturated heterocycles. The second kappa shape index (κ2) is 6.46. The lowest BCUT2D eigenvalue weighted by Gasteiger charge is -2.38. The Kier molecular flexibility index (Phi) is 4.56. The van der Waals surface area contributed by atoms with Gasteiger partial charge in [-0.15, -0.1) is 0 Å². The summed E-state index contributed by atoms with van der Waals surface area (Å²) in [4.78, 5) is 15.9. The minimum Gasteiger partial charge on any atom is -0.390 e. The van der Waals surface area contributed by atoms with Gasteiger partial charge in [-0.1, -0.05) is 18.2 Å². The number of para-hydroxylation sites is 1. The summed E-state index contributed by atoms with van der Waals surface area (Å²) in [5, 5.41) is 12.8. The van der Waals surface area contributed by atoms with Crippen LogP contribution in [-0.2, 0) is 9.84 Å². The third-order valence-electron chi connectivity index (χ3n) is 4.39. The number of hydrogen-bond acceptors (Lipinski definition) is 5. The van der Waals surface area contributed by atoms with Crippen molar-refractivity contribution in [2.24, 2.45) is 0 Å². The number of amides is 2. The van der Waals surface area contributed by atoms with Crippen LogP contribution in [0.3, 0.4) is 0 Å². The number of anilines is 1. The van der Waals surface area contributed by atoms with Crippen LogP contribution in [0, 0.1) is 0 Å². The first-order valence-corrected chi connectivity index (χ1v) is 9.50. The van der Waals surface area contributed by atoms with Crippen LogP contribution in [0.4, 0.5) is 10.5 Å². The second-order valence-corrected chi connectivity index (χ2v) is 8.18. The molecule has 3 rings (SSSR count). The maximum absolute atomic E-state index is 12.2. The van der Waals surface area contributed by atoms with Crippen LogP contribution in [0.1, 0.15) is 0 Å². The fraction of sp³-hybridized carbons (Fsp3) is 0.533. The third-order valence-corrected chi connectivity index (χ3v) is 6.09. The van der Waals surface area contributed by atoms with E-state index in [9.17, 15) is 18.3 Å². The molecule has 126 valence electrons. The van der Waals surface area contributed by atoms with Crippen molar-refractivity contribution in [2.45, 2.75) is 12.1 Å². The first-order chi connectivity index (χ1) is 10.9. The molecule has 0 radical (unpaired) electrons. The van der Waals surface area contributed by atoms with E-state index in [1.165, 1.54) is 0 Å². The number of urea groups is 1. The van der Waals surface area contributed by atoms with Gasteiger partial charge in [-0.2, -0.15) is 0 Å². The van der Waals surface area contributed by atoms with Gasteiger partial charge in [-0.05, 0) is 12.1 Å². The maximum Gasteiger partial charge on any atom is 0.321 e. The van der Waals surface area contributed by atoms with Crippen molar-refractivity contribution in [3.8, 4) is 0 Å². The lowest BCUT2D eigenvalue weighted by molar-refractivity contribution is 0.0545. The monoisotopic (exact) mass is 339 g/mol. The van der Waals surface area contributed by atoms with Crippen LogP contribution in [0.2, 0.25) is 0 Å². The Balaban J connectivity index is 1.53. The number of nitrogens with zero attached hydrogens (tertiary/aromatic N) is 2. The molecule has 0 spiro atoms. The van der Waals surface area contributed by atoms with Crippen LogP contribution >= 0.6 is 0 Å². The van der Waals surface area contributed by atoms with Gasteiger partial charge in [0, 0.05) is 31.9 Å². The molecule has 23 heavy (non-hydrogen) atoms. The van der Waals surface area contributed by atoms with Gasteiger partial charge in [0.2, 0.25) is 0 Å². The molecule has 2 heterocycles. The predicted octanol–water partition coefficient (Wildman–Crippen LogP) is -0.00600. The number of nitrogens with one attached hydrogen (secondary N) is 1. The highest BCUT2D eigenvalue weighted by molar-refractivity contribution is 7.91. The quantitative estimate of drug-likeness (QED) is 0.791. The van der Waals surface area contributed by atoms with Crippen LogP contribution < -0.4 is 5.32 Å². The van der Waals surface area contributed by atoms with Gasteiger partial charge in [-0.25, -0.2) is 13.2 Å². The fourth-order valence-electron chi connectivity index (χ4n) is 3.14. The predicted molar refractivity (Wildman–Crippen MR) is 87.1 cm³/mol. The summed E-state index contributed by atoms with van der Waals surface area (Å²) < 4.78 is 23.2. The van der Waals surface area contributed by atoms with E-state index in [0.717, 1.165) is 5.69 Å². The molecule has 2 N–H and O–H groups in total. The average Bonchev–Trinajstić information content (AvgIpc) is 2.81. The van der Waals surface area contributed by atoms with Gasteiger partial charge < -0.3 is 15.3 Å². The van der Waals surface area contributed by atoms with Gasteiger partial charge in [0.1, 0.15) is 0 Å². The zero-order valence-electron chi connectivity index (χ0n) is 12.8. The van der Waals surface area contributed by atoms with Gasteiger partial charge in [0.15, 0.2) is 9.84 Å². The number of aliphatic hydroxyl groups is 1. The topological polar surface area (TPSA) is 90.0 Å². The lowest BCUT2D eigenvalue weighted by atomic mass is 10.1. The minimum absolute atomic E-state index is 0.00434. The number of hydrogen-bond donors (Lipinski definition) is 2. The molecule has 0 unspecified atom stereocenters. The molecule has 2 fully saturated rings. The molecule has 2 aliphatic rings. The van der Waals surface area contributed by atoms with Crippen LogP contribution in [-0.4, -0.2) is 79.2 Å². The standard InChI is InChI=1S/C15H21N3O4S/c19-14-11-23(21,22)10-13(14)17-6-8-18(9-7-17)15(20)16-12-4-2-1-3-5-12/h1-5,13-14,19H,6-11H2,(H,16,20)/t13-,14+/m0/s1. The van der Waals surface area contributed by atoms with Gasteiger partial charge >= 0.3 is 6.03 Å². The molecule has 2 amide bonds. The summed E-state index contributed by atoms with van der Waals surface area (Å²) in [6.45, 7) is 2.17. The summed E-state index contributed by atoms with van der Waals surface area (Å²) in [5.74, 6) is -0.156. The molecule has 2 atom stereocenters. The molecule has 1 aromatic rings. The first-order valence-electron chi connectivity index (χ1n) is 7.68. The summed E-state index contributed by atoms with van der Waals surface area (Å²) in [7, 11) is -3.15. The molecular formula is C15H21N3O4S. The SMILES string of the molecule is O=C(Nc1ccccc1)N1CCN([C@H]2CS(=O)(=O)C[C@H]2O)CC1. The lowest BCUT2D eigenvalue weighted by Crippen LogP contribution is -2.55. The zero-order chi connectivity index (χ0) is 16.4. The Hall–Kier alpha value is -1.64. The van der Waals surface area contributed by atoms with Crippen molar-refractivity contribution in [3.63, 3.8) is 0 Å². The molecule has 0 saturated carbocycles. The van der Waals surface area contributed by atoms with E-state index in [2.05, 4.69) is 5.32 Å². The van der Waals surface area contributed by atoms with Crippen molar-refractivity contribution >= 4 is 21.6 Å². The van der Waals surface area contributed by atoms with Crippen molar-refractivity contribution in [1.29, 1.82) is 0 Å². The normalized spacial score (nSPS) is 27.8.